The van der Waals surface area contributed by atoms with Crippen molar-refractivity contribution in [2.24, 2.45) is 5.84 Å². The topological polar surface area (TPSA) is 87.3 Å². The first-order valence-corrected chi connectivity index (χ1v) is 5.39. The van der Waals surface area contributed by atoms with Gasteiger partial charge in [0.05, 0.1) is 5.60 Å². The lowest BCUT2D eigenvalue weighted by atomic mass is 10.1. The van der Waals surface area contributed by atoms with Crippen LogP contribution in [0.1, 0.15) is 19.5 Å². The number of anilines is 2. The van der Waals surface area contributed by atoms with Crippen LogP contribution < -0.4 is 16.2 Å². The van der Waals surface area contributed by atoms with Crippen LogP contribution in [0.25, 0.3) is 0 Å². The second-order valence-electron chi connectivity index (χ2n) is 4.75. The van der Waals surface area contributed by atoms with E-state index in [4.69, 9.17) is 5.84 Å². The molecule has 108 valence electrons. The van der Waals surface area contributed by atoms with Crippen LogP contribution in [0.5, 0.6) is 0 Å². The van der Waals surface area contributed by atoms with Crippen LogP contribution in [0.4, 0.5) is 24.9 Å². The van der Waals surface area contributed by atoms with E-state index in [2.05, 4.69) is 9.97 Å². The number of hydrogen-bond acceptors (Lipinski definition) is 6. The van der Waals surface area contributed by atoms with Gasteiger partial charge < -0.3 is 10.0 Å². The molecule has 0 saturated heterocycles. The molecule has 1 heterocycles. The van der Waals surface area contributed by atoms with Crippen LogP contribution in [0, 0.1) is 0 Å². The number of aliphatic hydroxyl groups is 1. The van der Waals surface area contributed by atoms with E-state index in [1.807, 2.05) is 5.43 Å². The minimum absolute atomic E-state index is 0.0115. The standard InChI is InChI=1S/C10H16F3N5O/c1-9(2,19)5-18(3)7-4-6(10(11,12)13)15-8(16-7)17-14/h4,19H,5,14H2,1-3H3,(H,15,16,17). The van der Waals surface area contributed by atoms with E-state index in [-0.39, 0.29) is 18.3 Å². The van der Waals surface area contributed by atoms with Gasteiger partial charge in [0.25, 0.3) is 0 Å². The summed E-state index contributed by atoms with van der Waals surface area (Å²) in [6, 6.07) is 0.798. The Labute approximate surface area is 108 Å². The monoisotopic (exact) mass is 279 g/mol. The molecule has 1 aromatic rings. The lowest BCUT2D eigenvalue weighted by molar-refractivity contribution is -0.141. The van der Waals surface area contributed by atoms with Crippen molar-refractivity contribution >= 4 is 11.8 Å². The maximum Gasteiger partial charge on any atom is 0.433 e. The summed E-state index contributed by atoms with van der Waals surface area (Å²) in [7, 11) is 1.51. The van der Waals surface area contributed by atoms with Crippen molar-refractivity contribution in [3.8, 4) is 0 Å². The fourth-order valence-corrected chi connectivity index (χ4v) is 1.50. The minimum atomic E-state index is -4.60. The number of nitrogens with two attached hydrogens (primary N) is 1. The Kier molecular flexibility index (Phi) is 4.21. The molecule has 9 heteroatoms. The lowest BCUT2D eigenvalue weighted by Crippen LogP contribution is -2.37. The second-order valence-corrected chi connectivity index (χ2v) is 4.75. The van der Waals surface area contributed by atoms with E-state index in [0.717, 1.165) is 6.07 Å². The highest BCUT2D eigenvalue weighted by Crippen LogP contribution is 2.30. The van der Waals surface area contributed by atoms with E-state index >= 15 is 0 Å². The number of aromatic nitrogens is 2. The molecular weight excluding hydrogens is 263 g/mol. The van der Waals surface area contributed by atoms with Crippen molar-refractivity contribution in [1.29, 1.82) is 0 Å². The molecule has 4 N–H and O–H groups in total. The summed E-state index contributed by atoms with van der Waals surface area (Å²) in [5, 5.41) is 9.66. The van der Waals surface area contributed by atoms with Gasteiger partial charge in [-0.25, -0.2) is 10.8 Å². The number of hydrazine groups is 1. The zero-order chi connectivity index (χ0) is 14.8. The van der Waals surface area contributed by atoms with E-state index in [1.165, 1.54) is 25.8 Å². The summed E-state index contributed by atoms with van der Waals surface area (Å²) < 4.78 is 38.0. The van der Waals surface area contributed by atoms with Crippen molar-refractivity contribution in [2.75, 3.05) is 23.9 Å². The number of nitrogens with zero attached hydrogens (tertiary/aromatic N) is 3. The third-order valence-electron chi connectivity index (χ3n) is 2.15. The Bertz CT molecular complexity index is 444. The van der Waals surface area contributed by atoms with Crippen LogP contribution >= 0.6 is 0 Å². The van der Waals surface area contributed by atoms with Gasteiger partial charge in [-0.05, 0) is 13.8 Å². The van der Waals surface area contributed by atoms with Crippen molar-refractivity contribution in [3.05, 3.63) is 11.8 Å². The average Bonchev–Trinajstić information content (AvgIpc) is 2.25. The zero-order valence-corrected chi connectivity index (χ0v) is 10.8. The predicted molar refractivity (Wildman–Crippen MR) is 64.4 cm³/mol. The number of hydrogen-bond donors (Lipinski definition) is 3. The molecule has 0 amide bonds. The number of alkyl halides is 3. The third kappa shape index (κ3) is 4.52. The summed E-state index contributed by atoms with van der Waals surface area (Å²) in [6.07, 6.45) is -4.60. The van der Waals surface area contributed by atoms with Gasteiger partial charge in [0.1, 0.15) is 5.82 Å². The van der Waals surface area contributed by atoms with Gasteiger partial charge in [0.15, 0.2) is 5.69 Å². The minimum Gasteiger partial charge on any atom is -0.389 e. The van der Waals surface area contributed by atoms with Crippen molar-refractivity contribution in [1.82, 2.24) is 9.97 Å². The molecule has 19 heavy (non-hydrogen) atoms. The normalized spacial score (nSPS) is 12.4. The number of halogens is 3. The first-order chi connectivity index (χ1) is 8.53. The molecule has 0 spiro atoms. The summed E-state index contributed by atoms with van der Waals surface area (Å²) in [4.78, 5) is 8.44. The van der Waals surface area contributed by atoms with Crippen LogP contribution in [0.15, 0.2) is 6.07 Å². The highest BCUT2D eigenvalue weighted by molar-refractivity contribution is 5.44. The molecule has 0 aliphatic heterocycles. The Morgan fingerprint density at radius 1 is 1.37 bits per heavy atom. The smallest absolute Gasteiger partial charge is 0.389 e. The Balaban J connectivity index is 3.13. The first-order valence-electron chi connectivity index (χ1n) is 5.39. The fourth-order valence-electron chi connectivity index (χ4n) is 1.50. The van der Waals surface area contributed by atoms with Gasteiger partial charge in [-0.15, -0.1) is 0 Å². The van der Waals surface area contributed by atoms with Crippen molar-refractivity contribution < 1.29 is 18.3 Å². The van der Waals surface area contributed by atoms with Gasteiger partial charge in [-0.3, -0.25) is 5.43 Å². The SMILES string of the molecule is CN(CC(C)(C)O)c1cc(C(F)(F)F)nc(NN)n1. The zero-order valence-electron chi connectivity index (χ0n) is 10.8. The summed E-state index contributed by atoms with van der Waals surface area (Å²) >= 11 is 0. The number of rotatable bonds is 4. The Hall–Kier alpha value is -1.61. The maximum absolute atomic E-state index is 12.7. The molecule has 0 aliphatic carbocycles. The molecule has 1 aromatic heterocycles. The van der Waals surface area contributed by atoms with Crippen LogP contribution in [-0.2, 0) is 6.18 Å². The predicted octanol–water partition coefficient (Wildman–Crippen LogP) is 0.988. The molecule has 0 fully saturated rings. The highest BCUT2D eigenvalue weighted by Gasteiger charge is 2.34. The summed E-state index contributed by atoms with van der Waals surface area (Å²) in [5.41, 5.74) is -0.192. The molecule has 0 aliphatic rings. The summed E-state index contributed by atoms with van der Waals surface area (Å²) in [6.45, 7) is 3.18. The lowest BCUT2D eigenvalue weighted by Gasteiger charge is -2.26. The molecule has 6 nitrogen and oxygen atoms in total. The van der Waals surface area contributed by atoms with E-state index in [9.17, 15) is 18.3 Å². The molecule has 0 saturated carbocycles. The van der Waals surface area contributed by atoms with Crippen molar-refractivity contribution in [3.63, 3.8) is 0 Å². The van der Waals surface area contributed by atoms with Gasteiger partial charge in [-0.1, -0.05) is 0 Å². The molecule has 1 rings (SSSR count). The van der Waals surface area contributed by atoms with Gasteiger partial charge in [-0.2, -0.15) is 18.2 Å². The molecule has 0 aromatic carbocycles. The van der Waals surface area contributed by atoms with Gasteiger partial charge >= 0.3 is 6.18 Å². The molecule has 0 unspecified atom stereocenters. The Morgan fingerprint density at radius 2 is 1.95 bits per heavy atom. The molecule has 0 radical (unpaired) electrons. The molecular formula is C10H16F3N5O. The van der Waals surface area contributed by atoms with Gasteiger partial charge in [0, 0.05) is 19.7 Å². The second kappa shape index (κ2) is 5.17. The van der Waals surface area contributed by atoms with Crippen LogP contribution in [0.2, 0.25) is 0 Å². The van der Waals surface area contributed by atoms with Gasteiger partial charge in [0.2, 0.25) is 5.95 Å². The van der Waals surface area contributed by atoms with Crippen molar-refractivity contribution in [2.45, 2.75) is 25.6 Å². The quantitative estimate of drug-likeness (QED) is 0.563. The Morgan fingerprint density at radius 3 is 2.37 bits per heavy atom. The number of nitrogen functional groups attached to an aromatic ring is 1. The molecule has 0 bridgehead atoms. The largest absolute Gasteiger partial charge is 0.433 e. The van der Waals surface area contributed by atoms with Crippen LogP contribution in [0.3, 0.4) is 0 Å². The average molecular weight is 279 g/mol. The van der Waals surface area contributed by atoms with E-state index in [1.54, 1.807) is 0 Å². The maximum atomic E-state index is 12.7. The van der Waals surface area contributed by atoms with Crippen LogP contribution in [-0.4, -0.2) is 34.3 Å². The number of likely N-dealkylation sites (N-methyl/N-ethyl adjacent to an activating group) is 1. The fraction of sp³-hybridized carbons (Fsp3) is 0.600. The summed E-state index contributed by atoms with van der Waals surface area (Å²) in [5.74, 6) is 4.72. The first kappa shape index (κ1) is 15.4. The third-order valence-corrected chi connectivity index (χ3v) is 2.15. The highest BCUT2D eigenvalue weighted by atomic mass is 19.4. The molecule has 0 atom stereocenters. The number of nitrogens with one attached hydrogen (secondary N) is 1. The van der Waals surface area contributed by atoms with E-state index in [0.29, 0.717) is 0 Å². The van der Waals surface area contributed by atoms with E-state index < -0.39 is 17.5 Å².